The van der Waals surface area contributed by atoms with Crippen molar-refractivity contribution < 1.29 is 19.4 Å². The Morgan fingerprint density at radius 1 is 1.42 bits per heavy atom. The molecule has 0 saturated heterocycles. The molecule has 104 valence electrons. The standard InChI is InChI=1S/C15H20O4/c1-18-9-10-3-6-14(19-2)13(7-10)12(8-15(16)17)11-4-5-11/h3,6-7,11-12H,4-5,8-9H2,1-2H3,(H,16,17). The normalized spacial score (nSPS) is 16.1. The van der Waals surface area contributed by atoms with E-state index in [0.717, 1.165) is 29.7 Å². The molecule has 1 fully saturated rings. The number of carboxylic acid groups (broad SMARTS) is 1. The lowest BCUT2D eigenvalue weighted by Crippen LogP contribution is -2.10. The molecule has 1 unspecified atom stereocenters. The maximum Gasteiger partial charge on any atom is 0.303 e. The van der Waals surface area contributed by atoms with Crippen molar-refractivity contribution >= 4 is 5.97 Å². The highest BCUT2D eigenvalue weighted by atomic mass is 16.5. The number of rotatable bonds is 7. The lowest BCUT2D eigenvalue weighted by molar-refractivity contribution is -0.137. The molecule has 0 bridgehead atoms. The minimum atomic E-state index is -0.754. The first-order valence-corrected chi connectivity index (χ1v) is 6.53. The van der Waals surface area contributed by atoms with Crippen molar-refractivity contribution in [2.75, 3.05) is 14.2 Å². The van der Waals surface area contributed by atoms with E-state index in [2.05, 4.69) is 0 Å². The summed E-state index contributed by atoms with van der Waals surface area (Å²) in [4.78, 5) is 11.1. The van der Waals surface area contributed by atoms with E-state index in [-0.39, 0.29) is 12.3 Å². The Kier molecular flexibility index (Phi) is 4.43. The van der Waals surface area contributed by atoms with E-state index in [1.165, 1.54) is 0 Å². The Labute approximate surface area is 113 Å². The summed E-state index contributed by atoms with van der Waals surface area (Å²) in [5.74, 6) is 0.543. The average molecular weight is 264 g/mol. The van der Waals surface area contributed by atoms with Crippen LogP contribution in [0.3, 0.4) is 0 Å². The summed E-state index contributed by atoms with van der Waals surface area (Å²) in [5.41, 5.74) is 2.05. The molecule has 4 heteroatoms. The molecule has 0 aliphatic heterocycles. The number of benzene rings is 1. The van der Waals surface area contributed by atoms with Gasteiger partial charge in [-0.05, 0) is 42.0 Å². The average Bonchev–Trinajstić information content (AvgIpc) is 3.20. The predicted octanol–water partition coefficient (Wildman–Crippen LogP) is 2.81. The van der Waals surface area contributed by atoms with E-state index in [4.69, 9.17) is 14.6 Å². The molecule has 2 rings (SSSR count). The molecule has 19 heavy (non-hydrogen) atoms. The minimum Gasteiger partial charge on any atom is -0.496 e. The Balaban J connectivity index is 2.31. The van der Waals surface area contributed by atoms with Crippen molar-refractivity contribution in [3.8, 4) is 5.75 Å². The zero-order valence-corrected chi connectivity index (χ0v) is 11.4. The van der Waals surface area contributed by atoms with Crippen LogP contribution in [0.2, 0.25) is 0 Å². The first-order valence-electron chi connectivity index (χ1n) is 6.53. The van der Waals surface area contributed by atoms with Gasteiger partial charge in [0.05, 0.1) is 20.1 Å². The highest BCUT2D eigenvalue weighted by molar-refractivity contribution is 5.68. The highest BCUT2D eigenvalue weighted by Gasteiger charge is 2.35. The van der Waals surface area contributed by atoms with Crippen LogP contribution in [-0.2, 0) is 16.1 Å². The third-order valence-corrected chi connectivity index (χ3v) is 3.59. The smallest absolute Gasteiger partial charge is 0.303 e. The molecule has 1 aliphatic rings. The third-order valence-electron chi connectivity index (χ3n) is 3.59. The van der Waals surface area contributed by atoms with Gasteiger partial charge in [-0.3, -0.25) is 4.79 Å². The van der Waals surface area contributed by atoms with Crippen molar-refractivity contribution in [2.24, 2.45) is 5.92 Å². The first kappa shape index (κ1) is 13.9. The molecule has 1 aromatic rings. The van der Waals surface area contributed by atoms with Crippen molar-refractivity contribution in [1.82, 2.24) is 0 Å². The number of carboxylic acids is 1. The number of methoxy groups -OCH3 is 2. The fraction of sp³-hybridized carbons (Fsp3) is 0.533. The van der Waals surface area contributed by atoms with Gasteiger partial charge in [0.1, 0.15) is 5.75 Å². The lowest BCUT2D eigenvalue weighted by atomic mass is 9.89. The number of carbonyl (C=O) groups is 1. The quantitative estimate of drug-likeness (QED) is 0.822. The van der Waals surface area contributed by atoms with Crippen LogP contribution < -0.4 is 4.74 Å². The number of aliphatic carboxylic acids is 1. The summed E-state index contributed by atoms with van der Waals surface area (Å²) in [6, 6.07) is 5.88. The molecule has 1 saturated carbocycles. The molecule has 1 atom stereocenters. The summed E-state index contributed by atoms with van der Waals surface area (Å²) in [6.45, 7) is 0.529. The first-order chi connectivity index (χ1) is 9.15. The van der Waals surface area contributed by atoms with Gasteiger partial charge in [0.2, 0.25) is 0 Å². The summed E-state index contributed by atoms with van der Waals surface area (Å²) >= 11 is 0. The third kappa shape index (κ3) is 3.47. The maximum atomic E-state index is 11.1. The Morgan fingerprint density at radius 2 is 2.16 bits per heavy atom. The number of ether oxygens (including phenoxy) is 2. The van der Waals surface area contributed by atoms with E-state index < -0.39 is 5.97 Å². The maximum absolute atomic E-state index is 11.1. The van der Waals surface area contributed by atoms with E-state index in [1.54, 1.807) is 14.2 Å². The summed E-state index contributed by atoms with van der Waals surface area (Å²) in [5, 5.41) is 9.09. The fourth-order valence-electron chi connectivity index (χ4n) is 2.55. The molecule has 1 aromatic carbocycles. The molecule has 0 heterocycles. The van der Waals surface area contributed by atoms with Crippen molar-refractivity contribution in [3.63, 3.8) is 0 Å². The molecule has 0 amide bonds. The zero-order chi connectivity index (χ0) is 13.8. The highest BCUT2D eigenvalue weighted by Crippen LogP contribution is 2.47. The minimum absolute atomic E-state index is 0.0456. The zero-order valence-electron chi connectivity index (χ0n) is 11.4. The van der Waals surface area contributed by atoms with E-state index in [1.807, 2.05) is 18.2 Å². The monoisotopic (exact) mass is 264 g/mol. The molecule has 0 radical (unpaired) electrons. The topological polar surface area (TPSA) is 55.8 Å². The second-order valence-corrected chi connectivity index (χ2v) is 5.05. The van der Waals surface area contributed by atoms with Crippen molar-refractivity contribution in [2.45, 2.75) is 31.8 Å². The van der Waals surface area contributed by atoms with Gasteiger partial charge in [0.25, 0.3) is 0 Å². The molecule has 4 nitrogen and oxygen atoms in total. The van der Waals surface area contributed by atoms with Crippen LogP contribution in [0, 0.1) is 5.92 Å². The lowest BCUT2D eigenvalue weighted by Gasteiger charge is -2.19. The van der Waals surface area contributed by atoms with Gasteiger partial charge < -0.3 is 14.6 Å². The van der Waals surface area contributed by atoms with Crippen molar-refractivity contribution in [3.05, 3.63) is 29.3 Å². The number of hydrogen-bond acceptors (Lipinski definition) is 3. The second-order valence-electron chi connectivity index (χ2n) is 5.05. The summed E-state index contributed by atoms with van der Waals surface area (Å²) < 4.78 is 10.5. The van der Waals surface area contributed by atoms with E-state index >= 15 is 0 Å². The Bertz CT molecular complexity index is 451. The Hall–Kier alpha value is -1.55. The van der Waals surface area contributed by atoms with Gasteiger partial charge in [-0.15, -0.1) is 0 Å². The van der Waals surface area contributed by atoms with Gasteiger partial charge in [-0.25, -0.2) is 0 Å². The van der Waals surface area contributed by atoms with Gasteiger partial charge in [0, 0.05) is 13.0 Å². The predicted molar refractivity (Wildman–Crippen MR) is 71.4 cm³/mol. The van der Waals surface area contributed by atoms with Gasteiger partial charge >= 0.3 is 5.97 Å². The van der Waals surface area contributed by atoms with Crippen LogP contribution >= 0.6 is 0 Å². The summed E-state index contributed by atoms with van der Waals surface area (Å²) in [7, 11) is 3.28. The molecule has 0 aromatic heterocycles. The molecule has 0 spiro atoms. The molecule has 1 aliphatic carbocycles. The van der Waals surface area contributed by atoms with Crippen LogP contribution in [0.15, 0.2) is 18.2 Å². The van der Waals surface area contributed by atoms with Gasteiger partial charge in [-0.2, -0.15) is 0 Å². The van der Waals surface area contributed by atoms with Crippen molar-refractivity contribution in [1.29, 1.82) is 0 Å². The molecular formula is C15H20O4. The van der Waals surface area contributed by atoms with Gasteiger partial charge in [0.15, 0.2) is 0 Å². The van der Waals surface area contributed by atoms with Gasteiger partial charge in [-0.1, -0.05) is 6.07 Å². The van der Waals surface area contributed by atoms with Crippen LogP contribution in [0.1, 0.15) is 36.3 Å². The second kappa shape index (κ2) is 6.06. The fourth-order valence-corrected chi connectivity index (χ4v) is 2.55. The molecule has 1 N–H and O–H groups in total. The van der Waals surface area contributed by atoms with Crippen LogP contribution in [0.5, 0.6) is 5.75 Å². The van der Waals surface area contributed by atoms with E-state index in [9.17, 15) is 4.79 Å². The Morgan fingerprint density at radius 3 is 2.68 bits per heavy atom. The molecular weight excluding hydrogens is 244 g/mol. The van der Waals surface area contributed by atoms with Crippen LogP contribution in [-0.4, -0.2) is 25.3 Å². The van der Waals surface area contributed by atoms with Crippen LogP contribution in [0.25, 0.3) is 0 Å². The van der Waals surface area contributed by atoms with E-state index in [0.29, 0.717) is 12.5 Å². The largest absolute Gasteiger partial charge is 0.496 e. The number of hydrogen-bond donors (Lipinski definition) is 1. The van der Waals surface area contributed by atoms with Crippen LogP contribution in [0.4, 0.5) is 0 Å². The SMILES string of the molecule is COCc1ccc(OC)c(C(CC(=O)O)C2CC2)c1. The summed E-state index contributed by atoms with van der Waals surface area (Å²) in [6.07, 6.45) is 2.38.